The van der Waals surface area contributed by atoms with E-state index in [1.165, 1.54) is 56.0 Å². The van der Waals surface area contributed by atoms with E-state index in [0.29, 0.717) is 30.0 Å². The second kappa shape index (κ2) is 17.2. The molecule has 1 aromatic heterocycles. The molecular weight excluding hydrogens is 781 g/mol. The lowest BCUT2D eigenvalue weighted by Crippen LogP contribution is -2.26. The first-order chi connectivity index (χ1) is 30.8. The molecule has 5 heteroatoms. The molecule has 324 valence electrons. The van der Waals surface area contributed by atoms with E-state index in [1.54, 1.807) is 0 Å². The van der Waals surface area contributed by atoms with Gasteiger partial charge in [0, 0.05) is 28.5 Å². The molecule has 9 rings (SSSR count). The topological polar surface area (TPSA) is 44.5 Å². The maximum atomic E-state index is 12.0. The summed E-state index contributed by atoms with van der Waals surface area (Å²) in [6.07, 6.45) is 2.20. The third-order valence-electron chi connectivity index (χ3n) is 13.2. The summed E-state index contributed by atoms with van der Waals surface area (Å²) in [5.74, 6) is 2.53. The third kappa shape index (κ3) is 7.65. The van der Waals surface area contributed by atoms with Gasteiger partial charge >= 0.3 is 0 Å². The molecule has 0 saturated carbocycles. The zero-order chi connectivity index (χ0) is 45.0. The van der Waals surface area contributed by atoms with Gasteiger partial charge in [0.1, 0.15) is 18.2 Å². The van der Waals surface area contributed by atoms with Gasteiger partial charge in [0.15, 0.2) is 0 Å². The van der Waals surface area contributed by atoms with Crippen molar-refractivity contribution >= 4 is 33.5 Å². The van der Waals surface area contributed by atoms with Crippen LogP contribution in [0.2, 0.25) is 0 Å². The Morgan fingerprint density at radius 3 is 1.67 bits per heavy atom. The summed E-state index contributed by atoms with van der Waals surface area (Å²) in [5.41, 5.74) is 17.6. The van der Waals surface area contributed by atoms with Crippen LogP contribution in [0.4, 0.5) is 22.7 Å². The van der Waals surface area contributed by atoms with Crippen molar-refractivity contribution in [2.75, 3.05) is 16.5 Å². The minimum absolute atomic E-state index is 0.244. The van der Waals surface area contributed by atoms with Gasteiger partial charge in [-0.3, -0.25) is 4.57 Å². The number of hydrogen-bond donors (Lipinski definition) is 1. The average molecular weight is 843 g/mol. The SMILES string of the molecule is CC(C)c1cc(C(C)C)c(-n2cc(-c3cccc(N4CN(c5c(C(C)C)cc(-c6ccccc6)cc5C(C)C)c5ccccc54)c3)nc2-c2ccc3ccccc3c2O)c(C(C)C)c1. The summed E-state index contributed by atoms with van der Waals surface area (Å²) in [7, 11) is 0. The number of phenolic OH excluding ortho intramolecular Hbond substituents is 1. The molecule has 0 unspecified atom stereocenters. The van der Waals surface area contributed by atoms with Crippen molar-refractivity contribution in [2.24, 2.45) is 0 Å². The zero-order valence-corrected chi connectivity index (χ0v) is 39.2. The lowest BCUT2D eigenvalue weighted by molar-refractivity contribution is 0.483. The first-order valence-corrected chi connectivity index (χ1v) is 23.3. The fourth-order valence-electron chi connectivity index (χ4n) is 9.64. The summed E-state index contributed by atoms with van der Waals surface area (Å²) in [6, 6.07) is 50.2. The van der Waals surface area contributed by atoms with Crippen LogP contribution in [0.1, 0.15) is 127 Å². The molecule has 8 aromatic rings. The van der Waals surface area contributed by atoms with E-state index in [0.717, 1.165) is 39.2 Å². The van der Waals surface area contributed by atoms with Crippen molar-refractivity contribution in [3.8, 4) is 45.2 Å². The number of nitrogens with zero attached hydrogens (tertiary/aromatic N) is 4. The van der Waals surface area contributed by atoms with Gasteiger partial charge in [-0.2, -0.15) is 0 Å². The van der Waals surface area contributed by atoms with Crippen molar-refractivity contribution < 1.29 is 5.11 Å². The Kier molecular flexibility index (Phi) is 11.5. The van der Waals surface area contributed by atoms with Gasteiger partial charge in [0.05, 0.1) is 28.3 Å². The molecule has 1 N–H and O–H groups in total. The Bertz CT molecular complexity index is 2930. The number of aromatic nitrogens is 2. The molecule has 64 heavy (non-hydrogen) atoms. The Morgan fingerprint density at radius 2 is 1.05 bits per heavy atom. The maximum absolute atomic E-state index is 12.0. The van der Waals surface area contributed by atoms with Crippen molar-refractivity contribution in [3.63, 3.8) is 0 Å². The number of fused-ring (bicyclic) bond motifs is 2. The monoisotopic (exact) mass is 842 g/mol. The summed E-state index contributed by atoms with van der Waals surface area (Å²) < 4.78 is 2.27. The van der Waals surface area contributed by atoms with Gasteiger partial charge in [-0.15, -0.1) is 0 Å². The summed E-state index contributed by atoms with van der Waals surface area (Å²) in [6.45, 7) is 23.6. The average Bonchev–Trinajstić information content (AvgIpc) is 3.91. The predicted octanol–water partition coefficient (Wildman–Crippen LogP) is 16.6. The minimum atomic E-state index is 0.244. The highest BCUT2D eigenvalue weighted by Crippen LogP contribution is 2.50. The number of anilines is 4. The van der Waals surface area contributed by atoms with Gasteiger partial charge in [0.25, 0.3) is 0 Å². The highest BCUT2D eigenvalue weighted by molar-refractivity contribution is 5.95. The fourth-order valence-corrected chi connectivity index (χ4v) is 9.64. The number of para-hydroxylation sites is 2. The Labute approximate surface area is 380 Å². The van der Waals surface area contributed by atoms with Gasteiger partial charge in [-0.25, -0.2) is 4.98 Å². The number of benzene rings is 7. The molecule has 7 aromatic carbocycles. The number of hydrogen-bond acceptors (Lipinski definition) is 4. The van der Waals surface area contributed by atoms with Crippen molar-refractivity contribution in [3.05, 3.63) is 174 Å². The number of phenols is 1. The Morgan fingerprint density at radius 1 is 0.484 bits per heavy atom. The van der Waals surface area contributed by atoms with Crippen molar-refractivity contribution in [1.82, 2.24) is 9.55 Å². The maximum Gasteiger partial charge on any atom is 0.149 e. The molecular formula is C59H62N4O. The molecule has 0 radical (unpaired) electrons. The van der Waals surface area contributed by atoms with E-state index in [4.69, 9.17) is 4.98 Å². The first kappa shape index (κ1) is 42.7. The molecule has 0 amide bonds. The van der Waals surface area contributed by atoms with Crippen LogP contribution in [-0.4, -0.2) is 21.3 Å². The quantitative estimate of drug-likeness (QED) is 0.141. The van der Waals surface area contributed by atoms with Gasteiger partial charge in [-0.05, 0) is 116 Å². The standard InChI is InChI=1S/C59H62N4O/c1-36(2)44-30-49(37(3)4)56(50(31-44)38(5)6)61-34-53(60-59(61)48-28-27-42-21-14-15-24-47(42)58(48)64)43-22-18-23-46(29-43)62-35-63(55-26-17-16-25-54(55)62)57-51(39(7)8)32-45(33-52(57)40(9)10)41-19-12-11-13-20-41/h11-34,36-40,64H,35H2,1-10H3. The molecule has 0 saturated heterocycles. The molecule has 0 bridgehead atoms. The normalized spacial score (nSPS) is 12.9. The summed E-state index contributed by atoms with van der Waals surface area (Å²) >= 11 is 0. The molecule has 0 fully saturated rings. The van der Waals surface area contributed by atoms with E-state index in [1.807, 2.05) is 30.3 Å². The number of imidazole rings is 1. The van der Waals surface area contributed by atoms with Crippen LogP contribution in [-0.2, 0) is 0 Å². The van der Waals surface area contributed by atoms with Gasteiger partial charge in [-0.1, -0.05) is 166 Å². The van der Waals surface area contributed by atoms with Crippen LogP contribution in [0, 0.1) is 0 Å². The Hall–Kier alpha value is -6.59. The summed E-state index contributed by atoms with van der Waals surface area (Å²) in [5, 5.41) is 13.9. The van der Waals surface area contributed by atoms with Crippen LogP contribution in [0.5, 0.6) is 5.75 Å². The first-order valence-electron chi connectivity index (χ1n) is 23.3. The largest absolute Gasteiger partial charge is 0.507 e. The predicted molar refractivity (Wildman–Crippen MR) is 272 cm³/mol. The van der Waals surface area contributed by atoms with Gasteiger partial charge < -0.3 is 14.9 Å². The van der Waals surface area contributed by atoms with E-state index >= 15 is 0 Å². The smallest absolute Gasteiger partial charge is 0.149 e. The lowest BCUT2D eigenvalue weighted by atomic mass is 9.87. The van der Waals surface area contributed by atoms with E-state index in [-0.39, 0.29) is 17.6 Å². The third-order valence-corrected chi connectivity index (χ3v) is 13.2. The zero-order valence-electron chi connectivity index (χ0n) is 39.2. The molecule has 2 heterocycles. The molecule has 1 aliphatic rings. The number of aromatic hydroxyl groups is 1. The second-order valence-electron chi connectivity index (χ2n) is 19.2. The van der Waals surface area contributed by atoms with Gasteiger partial charge in [0.2, 0.25) is 0 Å². The number of rotatable bonds is 11. The fraction of sp³-hybridized carbons (Fsp3) is 0.271. The molecule has 5 nitrogen and oxygen atoms in total. The van der Waals surface area contributed by atoms with Crippen LogP contribution in [0.3, 0.4) is 0 Å². The van der Waals surface area contributed by atoms with Crippen molar-refractivity contribution in [2.45, 2.75) is 98.8 Å². The summed E-state index contributed by atoms with van der Waals surface area (Å²) in [4.78, 5) is 10.5. The molecule has 0 aliphatic carbocycles. The molecule has 1 aliphatic heterocycles. The van der Waals surface area contributed by atoms with Crippen LogP contribution >= 0.6 is 0 Å². The minimum Gasteiger partial charge on any atom is -0.507 e. The van der Waals surface area contributed by atoms with Crippen LogP contribution in [0.15, 0.2) is 146 Å². The van der Waals surface area contributed by atoms with E-state index in [9.17, 15) is 5.11 Å². The van der Waals surface area contributed by atoms with E-state index < -0.39 is 0 Å². The molecule has 0 atom stereocenters. The van der Waals surface area contributed by atoms with Crippen LogP contribution in [0.25, 0.3) is 50.2 Å². The highest BCUT2D eigenvalue weighted by Gasteiger charge is 2.33. The Balaban J connectivity index is 1.20. The second-order valence-corrected chi connectivity index (χ2v) is 19.2. The van der Waals surface area contributed by atoms with E-state index in [2.05, 4.69) is 199 Å². The van der Waals surface area contributed by atoms with Crippen LogP contribution < -0.4 is 9.80 Å². The lowest BCUT2D eigenvalue weighted by Gasteiger charge is -2.30. The van der Waals surface area contributed by atoms with Crippen molar-refractivity contribution in [1.29, 1.82) is 0 Å². The highest BCUT2D eigenvalue weighted by atomic mass is 16.3. The molecule has 0 spiro atoms.